The summed E-state index contributed by atoms with van der Waals surface area (Å²) < 4.78 is 15.2. The molecular formula is C14H7Br2FN2O. The molecule has 2 aromatic heterocycles. The highest BCUT2D eigenvalue weighted by Crippen LogP contribution is 2.24. The van der Waals surface area contributed by atoms with Crippen LogP contribution in [0.1, 0.15) is 15.9 Å². The van der Waals surface area contributed by atoms with E-state index in [0.29, 0.717) is 21.1 Å². The summed E-state index contributed by atoms with van der Waals surface area (Å²) >= 11 is 6.48. The number of aromatic nitrogens is 2. The molecule has 0 atom stereocenters. The highest BCUT2D eigenvalue weighted by Gasteiger charge is 2.18. The van der Waals surface area contributed by atoms with E-state index in [2.05, 4.69) is 41.8 Å². The van der Waals surface area contributed by atoms with E-state index < -0.39 is 5.82 Å². The minimum Gasteiger partial charge on any atom is -0.345 e. The second kappa shape index (κ2) is 5.10. The number of hydrogen-bond donors (Lipinski definition) is 1. The van der Waals surface area contributed by atoms with Gasteiger partial charge in [-0.05, 0) is 40.2 Å². The predicted octanol–water partition coefficient (Wildman–Crippen LogP) is 4.46. The van der Waals surface area contributed by atoms with Gasteiger partial charge in [-0.1, -0.05) is 15.9 Å². The number of rotatable bonds is 2. The lowest BCUT2D eigenvalue weighted by Crippen LogP contribution is -2.03. The fourth-order valence-electron chi connectivity index (χ4n) is 1.98. The first-order chi connectivity index (χ1) is 9.56. The first-order valence-electron chi connectivity index (χ1n) is 5.68. The van der Waals surface area contributed by atoms with E-state index in [4.69, 9.17) is 0 Å². The van der Waals surface area contributed by atoms with Gasteiger partial charge in [0, 0.05) is 32.3 Å². The molecule has 2 heterocycles. The number of carbonyl (C=O) groups is 1. The molecule has 100 valence electrons. The Morgan fingerprint density at radius 2 is 1.95 bits per heavy atom. The molecule has 6 heteroatoms. The van der Waals surface area contributed by atoms with Crippen molar-refractivity contribution in [2.45, 2.75) is 0 Å². The Bertz CT molecular complexity index is 829. The van der Waals surface area contributed by atoms with Gasteiger partial charge in [-0.2, -0.15) is 0 Å². The number of nitrogens with one attached hydrogen (secondary N) is 1. The molecule has 1 aromatic carbocycles. The third-order valence-electron chi connectivity index (χ3n) is 2.92. The van der Waals surface area contributed by atoms with Gasteiger partial charge in [-0.15, -0.1) is 0 Å². The third-order valence-corrected chi connectivity index (χ3v) is 3.85. The lowest BCUT2D eigenvalue weighted by molar-refractivity contribution is 0.103. The number of ketones is 1. The first-order valence-corrected chi connectivity index (χ1v) is 7.27. The molecule has 0 saturated carbocycles. The number of benzene rings is 1. The third kappa shape index (κ3) is 2.29. The molecule has 0 radical (unpaired) electrons. The van der Waals surface area contributed by atoms with E-state index in [0.717, 1.165) is 4.47 Å². The van der Waals surface area contributed by atoms with Gasteiger partial charge >= 0.3 is 0 Å². The smallest absolute Gasteiger partial charge is 0.198 e. The number of H-pyrrole nitrogens is 1. The number of hydrogen-bond acceptors (Lipinski definition) is 2. The van der Waals surface area contributed by atoms with Crippen molar-refractivity contribution < 1.29 is 9.18 Å². The summed E-state index contributed by atoms with van der Waals surface area (Å²) in [6.45, 7) is 0. The summed E-state index contributed by atoms with van der Waals surface area (Å²) in [6, 6.07) is 6.16. The molecule has 3 nitrogen and oxygen atoms in total. The highest BCUT2D eigenvalue weighted by molar-refractivity contribution is 9.10. The number of fused-ring (bicyclic) bond motifs is 1. The Morgan fingerprint density at radius 1 is 1.15 bits per heavy atom. The maximum Gasteiger partial charge on any atom is 0.198 e. The molecule has 20 heavy (non-hydrogen) atoms. The molecule has 0 fully saturated rings. The SMILES string of the molecule is O=C(c1ccc(Br)cc1F)c1c[nH]c2ncc(Br)cc12. The van der Waals surface area contributed by atoms with Gasteiger partial charge in [0.15, 0.2) is 5.78 Å². The van der Waals surface area contributed by atoms with E-state index in [-0.39, 0.29) is 11.3 Å². The highest BCUT2D eigenvalue weighted by atomic mass is 79.9. The standard InChI is InChI=1S/C14H7Br2FN2O/c15-7-1-2-9(12(17)4-7)13(20)11-6-19-14-10(11)3-8(16)5-18-14/h1-6H,(H,18,19). The summed E-state index contributed by atoms with van der Waals surface area (Å²) in [7, 11) is 0. The summed E-state index contributed by atoms with van der Waals surface area (Å²) in [5.74, 6) is -0.928. The molecule has 0 saturated heterocycles. The number of halogens is 3. The number of carbonyl (C=O) groups excluding carboxylic acids is 1. The number of nitrogens with zero attached hydrogens (tertiary/aromatic N) is 1. The minimum absolute atomic E-state index is 0.0362. The number of pyridine rings is 1. The summed E-state index contributed by atoms with van der Waals surface area (Å²) in [6.07, 6.45) is 3.18. The van der Waals surface area contributed by atoms with Gasteiger partial charge in [-0.3, -0.25) is 4.79 Å². The molecule has 0 bridgehead atoms. The van der Waals surface area contributed by atoms with Gasteiger partial charge < -0.3 is 4.98 Å². The van der Waals surface area contributed by atoms with Crippen molar-refractivity contribution in [3.8, 4) is 0 Å². The molecule has 0 amide bonds. The lowest BCUT2D eigenvalue weighted by Gasteiger charge is -2.02. The maximum absolute atomic E-state index is 13.9. The van der Waals surface area contributed by atoms with Crippen molar-refractivity contribution in [3.63, 3.8) is 0 Å². The Hall–Kier alpha value is -1.53. The van der Waals surface area contributed by atoms with Crippen molar-refractivity contribution in [3.05, 3.63) is 62.5 Å². The Balaban J connectivity index is 2.15. The second-order valence-electron chi connectivity index (χ2n) is 4.21. The zero-order valence-electron chi connectivity index (χ0n) is 9.95. The van der Waals surface area contributed by atoms with Crippen LogP contribution in [0.5, 0.6) is 0 Å². The molecule has 3 rings (SSSR count). The van der Waals surface area contributed by atoms with E-state index in [1.165, 1.54) is 12.1 Å². The largest absolute Gasteiger partial charge is 0.345 e. The average molecular weight is 398 g/mol. The quantitative estimate of drug-likeness (QED) is 0.649. The van der Waals surface area contributed by atoms with E-state index >= 15 is 0 Å². The fraction of sp³-hybridized carbons (Fsp3) is 0. The monoisotopic (exact) mass is 396 g/mol. The van der Waals surface area contributed by atoms with Gasteiger partial charge in [0.05, 0.1) is 5.56 Å². The van der Waals surface area contributed by atoms with Crippen molar-refractivity contribution in [1.29, 1.82) is 0 Å². The second-order valence-corrected chi connectivity index (χ2v) is 6.04. The Morgan fingerprint density at radius 3 is 2.70 bits per heavy atom. The van der Waals surface area contributed by atoms with Gasteiger partial charge in [0.2, 0.25) is 0 Å². The van der Waals surface area contributed by atoms with Crippen LogP contribution in [0.15, 0.2) is 45.6 Å². The molecule has 0 aliphatic heterocycles. The van der Waals surface area contributed by atoms with Crippen LogP contribution in [-0.2, 0) is 0 Å². The molecule has 0 aliphatic rings. The minimum atomic E-state index is -0.554. The predicted molar refractivity (Wildman–Crippen MR) is 81.3 cm³/mol. The van der Waals surface area contributed by atoms with Crippen molar-refractivity contribution in [2.75, 3.05) is 0 Å². The van der Waals surface area contributed by atoms with Crippen LogP contribution in [0.2, 0.25) is 0 Å². The topological polar surface area (TPSA) is 45.8 Å². The van der Waals surface area contributed by atoms with E-state index in [9.17, 15) is 9.18 Å². The van der Waals surface area contributed by atoms with E-state index in [1.54, 1.807) is 24.5 Å². The van der Waals surface area contributed by atoms with Crippen molar-refractivity contribution in [1.82, 2.24) is 9.97 Å². The Labute approximate surface area is 130 Å². The molecule has 3 aromatic rings. The molecule has 1 N–H and O–H groups in total. The van der Waals surface area contributed by atoms with Crippen LogP contribution in [0.4, 0.5) is 4.39 Å². The zero-order chi connectivity index (χ0) is 14.3. The zero-order valence-corrected chi connectivity index (χ0v) is 13.1. The summed E-state index contributed by atoms with van der Waals surface area (Å²) in [4.78, 5) is 19.5. The normalized spacial score (nSPS) is 10.9. The summed E-state index contributed by atoms with van der Waals surface area (Å²) in [5.41, 5.74) is 1.03. The van der Waals surface area contributed by atoms with Crippen molar-refractivity contribution in [2.24, 2.45) is 0 Å². The Kier molecular flexibility index (Phi) is 3.43. The lowest BCUT2D eigenvalue weighted by atomic mass is 10.0. The number of aromatic amines is 1. The van der Waals surface area contributed by atoms with Gasteiger partial charge in [0.25, 0.3) is 0 Å². The van der Waals surface area contributed by atoms with Crippen molar-refractivity contribution >= 4 is 48.7 Å². The van der Waals surface area contributed by atoms with Crippen LogP contribution in [0.3, 0.4) is 0 Å². The maximum atomic E-state index is 13.9. The molecule has 0 aliphatic carbocycles. The van der Waals surface area contributed by atoms with Crippen LogP contribution < -0.4 is 0 Å². The fourth-order valence-corrected chi connectivity index (χ4v) is 2.65. The first kappa shape index (κ1) is 13.5. The van der Waals surface area contributed by atoms with Crippen LogP contribution in [0.25, 0.3) is 11.0 Å². The molecule has 0 unspecified atom stereocenters. The summed E-state index contributed by atoms with van der Waals surface area (Å²) in [5, 5.41) is 0.659. The van der Waals surface area contributed by atoms with E-state index in [1.807, 2.05) is 0 Å². The van der Waals surface area contributed by atoms with Crippen LogP contribution in [-0.4, -0.2) is 15.8 Å². The van der Waals surface area contributed by atoms with Gasteiger partial charge in [-0.25, -0.2) is 9.37 Å². The van der Waals surface area contributed by atoms with Crippen LogP contribution in [0, 0.1) is 5.82 Å². The molecular weight excluding hydrogens is 391 g/mol. The molecule has 0 spiro atoms. The van der Waals surface area contributed by atoms with Gasteiger partial charge in [0.1, 0.15) is 11.5 Å². The van der Waals surface area contributed by atoms with Crippen LogP contribution >= 0.6 is 31.9 Å². The average Bonchev–Trinajstić information content (AvgIpc) is 2.81.